The van der Waals surface area contributed by atoms with Gasteiger partial charge in [-0.25, -0.2) is 0 Å². The average molecular weight is 258 g/mol. The van der Waals surface area contributed by atoms with Crippen LogP contribution in [0.3, 0.4) is 0 Å². The number of nitrogens with one attached hydrogen (secondary N) is 1. The van der Waals surface area contributed by atoms with Crippen molar-refractivity contribution in [2.45, 2.75) is 44.0 Å². The molecule has 0 bridgehead atoms. The Morgan fingerprint density at radius 1 is 1.53 bits per heavy atom. The molecular formula is C13H26N2OS. The summed E-state index contributed by atoms with van der Waals surface area (Å²) < 4.78 is 5.95. The molecule has 0 spiro atoms. The standard InChI is InChI=1S/C13H26N2OS/c1-11(8-12-9-16-6-4-14-12)15-5-7-17-13(2,3)10-15/h11-12,14H,4-10H2,1-3H3. The van der Waals surface area contributed by atoms with Crippen molar-refractivity contribution < 1.29 is 4.74 Å². The Kier molecular flexibility index (Phi) is 4.75. The molecule has 2 aliphatic heterocycles. The van der Waals surface area contributed by atoms with E-state index in [1.165, 1.54) is 25.3 Å². The van der Waals surface area contributed by atoms with Gasteiger partial charge >= 0.3 is 0 Å². The summed E-state index contributed by atoms with van der Waals surface area (Å²) in [4.78, 5) is 2.65. The lowest BCUT2D eigenvalue weighted by Crippen LogP contribution is -2.51. The lowest BCUT2D eigenvalue weighted by molar-refractivity contribution is 0.0613. The third-order valence-corrected chi connectivity index (χ3v) is 5.00. The fourth-order valence-electron chi connectivity index (χ4n) is 2.76. The molecule has 2 heterocycles. The van der Waals surface area contributed by atoms with Crippen LogP contribution in [0.2, 0.25) is 0 Å². The molecule has 0 aromatic rings. The van der Waals surface area contributed by atoms with Crippen molar-refractivity contribution in [3.8, 4) is 0 Å². The zero-order valence-electron chi connectivity index (χ0n) is 11.4. The lowest BCUT2D eigenvalue weighted by Gasteiger charge is -2.42. The van der Waals surface area contributed by atoms with E-state index in [2.05, 4.69) is 42.7 Å². The van der Waals surface area contributed by atoms with E-state index in [0.717, 1.165) is 19.8 Å². The van der Waals surface area contributed by atoms with Crippen LogP contribution in [0.4, 0.5) is 0 Å². The highest BCUT2D eigenvalue weighted by molar-refractivity contribution is 8.00. The molecule has 100 valence electrons. The highest BCUT2D eigenvalue weighted by atomic mass is 32.2. The summed E-state index contributed by atoms with van der Waals surface area (Å²) in [5.41, 5.74) is 0. The molecular weight excluding hydrogens is 232 g/mol. The first-order valence-electron chi connectivity index (χ1n) is 6.76. The molecule has 2 fully saturated rings. The molecule has 2 aliphatic rings. The molecule has 0 radical (unpaired) electrons. The number of morpholine rings is 1. The Bertz CT molecular complexity index is 242. The molecule has 0 aliphatic carbocycles. The monoisotopic (exact) mass is 258 g/mol. The second-order valence-electron chi connectivity index (χ2n) is 5.89. The van der Waals surface area contributed by atoms with E-state index in [-0.39, 0.29) is 0 Å². The van der Waals surface area contributed by atoms with Crippen LogP contribution in [-0.2, 0) is 4.74 Å². The molecule has 0 saturated carbocycles. The number of nitrogens with zero attached hydrogens (tertiary/aromatic N) is 1. The van der Waals surface area contributed by atoms with Gasteiger partial charge in [0.25, 0.3) is 0 Å². The minimum Gasteiger partial charge on any atom is -0.379 e. The molecule has 0 aromatic carbocycles. The molecule has 2 rings (SSSR count). The van der Waals surface area contributed by atoms with Gasteiger partial charge in [-0.15, -0.1) is 0 Å². The van der Waals surface area contributed by atoms with Crippen LogP contribution >= 0.6 is 11.8 Å². The molecule has 3 nitrogen and oxygen atoms in total. The summed E-state index contributed by atoms with van der Waals surface area (Å²) >= 11 is 2.11. The van der Waals surface area contributed by atoms with Gasteiger partial charge in [0.15, 0.2) is 0 Å². The van der Waals surface area contributed by atoms with E-state index in [4.69, 9.17) is 4.74 Å². The van der Waals surface area contributed by atoms with Crippen molar-refractivity contribution in [3.05, 3.63) is 0 Å². The number of rotatable bonds is 3. The Morgan fingerprint density at radius 2 is 2.35 bits per heavy atom. The number of hydrogen-bond acceptors (Lipinski definition) is 4. The SMILES string of the molecule is CC(CC1COCCN1)N1CCSC(C)(C)C1. The number of hydrogen-bond donors (Lipinski definition) is 1. The van der Waals surface area contributed by atoms with E-state index in [0.29, 0.717) is 16.8 Å². The summed E-state index contributed by atoms with van der Waals surface area (Å²) in [7, 11) is 0. The van der Waals surface area contributed by atoms with Gasteiger partial charge in [0.2, 0.25) is 0 Å². The molecule has 2 unspecified atom stereocenters. The quantitative estimate of drug-likeness (QED) is 0.831. The fraction of sp³-hybridized carbons (Fsp3) is 1.00. The first-order valence-corrected chi connectivity index (χ1v) is 7.74. The normalized spacial score (nSPS) is 32.3. The first kappa shape index (κ1) is 13.7. The van der Waals surface area contributed by atoms with Gasteiger partial charge in [0.1, 0.15) is 0 Å². The van der Waals surface area contributed by atoms with E-state index < -0.39 is 0 Å². The molecule has 2 saturated heterocycles. The lowest BCUT2D eigenvalue weighted by atomic mass is 10.0. The number of ether oxygens (including phenoxy) is 1. The van der Waals surface area contributed by atoms with Crippen LogP contribution in [0.5, 0.6) is 0 Å². The van der Waals surface area contributed by atoms with E-state index in [1.807, 2.05) is 0 Å². The van der Waals surface area contributed by atoms with E-state index in [9.17, 15) is 0 Å². The van der Waals surface area contributed by atoms with Crippen molar-refractivity contribution in [2.24, 2.45) is 0 Å². The second kappa shape index (κ2) is 5.91. The Balaban J connectivity index is 1.80. The summed E-state index contributed by atoms with van der Waals surface area (Å²) in [5, 5.41) is 3.55. The summed E-state index contributed by atoms with van der Waals surface area (Å²) in [6.45, 7) is 12.3. The summed E-state index contributed by atoms with van der Waals surface area (Å²) in [6.07, 6.45) is 1.21. The Labute approximate surface area is 110 Å². The number of thioether (sulfide) groups is 1. The van der Waals surface area contributed by atoms with Gasteiger partial charge in [0, 0.05) is 42.2 Å². The van der Waals surface area contributed by atoms with Gasteiger partial charge in [-0.2, -0.15) is 11.8 Å². The smallest absolute Gasteiger partial charge is 0.0620 e. The van der Waals surface area contributed by atoms with Gasteiger partial charge in [-0.1, -0.05) is 0 Å². The summed E-state index contributed by atoms with van der Waals surface area (Å²) in [6, 6.07) is 1.21. The van der Waals surface area contributed by atoms with E-state index in [1.54, 1.807) is 0 Å². The Morgan fingerprint density at radius 3 is 3.00 bits per heavy atom. The second-order valence-corrected chi connectivity index (χ2v) is 7.69. The van der Waals surface area contributed by atoms with Gasteiger partial charge in [-0.3, -0.25) is 4.90 Å². The van der Waals surface area contributed by atoms with Crippen LogP contribution < -0.4 is 5.32 Å². The predicted octanol–water partition coefficient (Wildman–Crippen LogP) is 1.58. The van der Waals surface area contributed by atoms with Crippen molar-refractivity contribution in [1.82, 2.24) is 10.2 Å². The van der Waals surface area contributed by atoms with Crippen LogP contribution in [0.15, 0.2) is 0 Å². The first-order chi connectivity index (χ1) is 8.07. The van der Waals surface area contributed by atoms with Crippen LogP contribution in [0.1, 0.15) is 27.2 Å². The minimum atomic E-state index is 0.420. The summed E-state index contributed by atoms with van der Waals surface area (Å²) in [5.74, 6) is 1.27. The maximum absolute atomic E-state index is 5.53. The largest absolute Gasteiger partial charge is 0.379 e. The maximum Gasteiger partial charge on any atom is 0.0620 e. The van der Waals surface area contributed by atoms with Crippen LogP contribution in [-0.4, -0.2) is 60.3 Å². The zero-order chi connectivity index (χ0) is 12.3. The third-order valence-electron chi connectivity index (χ3n) is 3.70. The molecule has 4 heteroatoms. The molecule has 2 atom stereocenters. The minimum absolute atomic E-state index is 0.420. The average Bonchev–Trinajstić information content (AvgIpc) is 2.29. The third kappa shape index (κ3) is 4.12. The van der Waals surface area contributed by atoms with Gasteiger partial charge < -0.3 is 10.1 Å². The topological polar surface area (TPSA) is 24.5 Å². The van der Waals surface area contributed by atoms with Gasteiger partial charge in [0.05, 0.1) is 13.2 Å². The highest BCUT2D eigenvalue weighted by Crippen LogP contribution is 2.30. The molecule has 1 N–H and O–H groups in total. The molecule has 0 amide bonds. The zero-order valence-corrected chi connectivity index (χ0v) is 12.2. The molecule has 0 aromatic heterocycles. The van der Waals surface area contributed by atoms with Crippen LogP contribution in [0, 0.1) is 0 Å². The predicted molar refractivity (Wildman–Crippen MR) is 74.8 cm³/mol. The van der Waals surface area contributed by atoms with Crippen molar-refractivity contribution in [2.75, 3.05) is 38.6 Å². The molecule has 17 heavy (non-hydrogen) atoms. The van der Waals surface area contributed by atoms with Crippen molar-refractivity contribution >= 4 is 11.8 Å². The Hall–Kier alpha value is 0.230. The van der Waals surface area contributed by atoms with Gasteiger partial charge in [-0.05, 0) is 27.2 Å². The van der Waals surface area contributed by atoms with Crippen molar-refractivity contribution in [3.63, 3.8) is 0 Å². The fourth-order valence-corrected chi connectivity index (χ4v) is 3.90. The van der Waals surface area contributed by atoms with Crippen molar-refractivity contribution in [1.29, 1.82) is 0 Å². The van der Waals surface area contributed by atoms with E-state index >= 15 is 0 Å². The van der Waals surface area contributed by atoms with Crippen LogP contribution in [0.25, 0.3) is 0 Å². The maximum atomic E-state index is 5.53. The highest BCUT2D eigenvalue weighted by Gasteiger charge is 2.30.